The van der Waals surface area contributed by atoms with Crippen molar-refractivity contribution in [1.82, 2.24) is 15.6 Å². The molecule has 24 heavy (non-hydrogen) atoms. The summed E-state index contributed by atoms with van der Waals surface area (Å²) in [5, 5.41) is 15.0. The fourth-order valence-electron chi connectivity index (χ4n) is 3.27. The van der Waals surface area contributed by atoms with Crippen LogP contribution in [0.4, 0.5) is 0 Å². The molecular weight excluding hydrogens is 306 g/mol. The number of carbonyl (C=O) groups is 2. The maximum atomic E-state index is 12.0. The Balaban J connectivity index is 1.64. The highest BCUT2D eigenvalue weighted by Gasteiger charge is 2.22. The first-order valence-electron chi connectivity index (χ1n) is 8.77. The van der Waals surface area contributed by atoms with Crippen LogP contribution in [0.1, 0.15) is 55.9 Å². The van der Waals surface area contributed by atoms with Crippen LogP contribution >= 0.6 is 0 Å². The van der Waals surface area contributed by atoms with E-state index in [1.54, 1.807) is 6.07 Å². The minimum absolute atomic E-state index is 0.00486. The Morgan fingerprint density at radius 2 is 1.96 bits per heavy atom. The van der Waals surface area contributed by atoms with Gasteiger partial charge in [-0.25, -0.2) is 4.98 Å². The van der Waals surface area contributed by atoms with Gasteiger partial charge in [-0.3, -0.25) is 9.59 Å². The van der Waals surface area contributed by atoms with Crippen LogP contribution in [0.15, 0.2) is 18.3 Å². The van der Waals surface area contributed by atoms with Gasteiger partial charge in [0.2, 0.25) is 5.91 Å². The summed E-state index contributed by atoms with van der Waals surface area (Å²) >= 11 is 0. The van der Waals surface area contributed by atoms with E-state index in [9.17, 15) is 14.7 Å². The third-order valence-electron chi connectivity index (χ3n) is 4.70. The molecule has 2 rings (SSSR count). The molecule has 1 aliphatic rings. The van der Waals surface area contributed by atoms with E-state index in [2.05, 4.69) is 22.5 Å². The van der Waals surface area contributed by atoms with Gasteiger partial charge in [-0.05, 0) is 24.0 Å². The van der Waals surface area contributed by atoms with E-state index in [0.717, 1.165) is 0 Å². The largest absolute Gasteiger partial charge is 0.505 e. The smallest absolute Gasteiger partial charge is 0.273 e. The van der Waals surface area contributed by atoms with Crippen LogP contribution in [0.3, 0.4) is 0 Å². The number of aromatic nitrogens is 1. The van der Waals surface area contributed by atoms with E-state index in [-0.39, 0.29) is 17.4 Å². The number of nitrogens with zero attached hydrogens (tertiary/aromatic N) is 1. The second kappa shape index (κ2) is 9.25. The molecule has 1 aliphatic carbocycles. The van der Waals surface area contributed by atoms with E-state index < -0.39 is 5.91 Å². The molecule has 0 aromatic carbocycles. The van der Waals surface area contributed by atoms with Crippen LogP contribution in [-0.4, -0.2) is 35.0 Å². The lowest BCUT2D eigenvalue weighted by atomic mass is 9.79. The van der Waals surface area contributed by atoms with Gasteiger partial charge in [0.05, 0.1) is 0 Å². The minimum atomic E-state index is -0.446. The van der Waals surface area contributed by atoms with E-state index in [1.807, 2.05) is 0 Å². The van der Waals surface area contributed by atoms with Crippen molar-refractivity contribution >= 4 is 11.8 Å². The second-order valence-corrected chi connectivity index (χ2v) is 6.56. The molecule has 6 nitrogen and oxygen atoms in total. The lowest BCUT2D eigenvalue weighted by Crippen LogP contribution is -2.36. The van der Waals surface area contributed by atoms with Crippen molar-refractivity contribution < 1.29 is 14.7 Å². The summed E-state index contributed by atoms with van der Waals surface area (Å²) in [6, 6.07) is 2.97. The van der Waals surface area contributed by atoms with Gasteiger partial charge in [-0.15, -0.1) is 0 Å². The zero-order chi connectivity index (χ0) is 17.4. The van der Waals surface area contributed by atoms with Gasteiger partial charge < -0.3 is 15.7 Å². The topological polar surface area (TPSA) is 91.3 Å². The molecule has 1 unspecified atom stereocenters. The monoisotopic (exact) mass is 333 g/mol. The SMILES string of the molecule is CC(CC(=O)NCCNC(=O)c1ncccc1O)C1CCCCC1. The van der Waals surface area contributed by atoms with Crippen LogP contribution in [0.5, 0.6) is 5.75 Å². The Morgan fingerprint density at radius 3 is 2.67 bits per heavy atom. The number of carbonyl (C=O) groups excluding carboxylic acids is 2. The normalized spacial score (nSPS) is 16.4. The number of aromatic hydroxyl groups is 1. The van der Waals surface area contributed by atoms with Gasteiger partial charge in [0.1, 0.15) is 5.75 Å². The van der Waals surface area contributed by atoms with Crippen LogP contribution in [0.25, 0.3) is 0 Å². The van der Waals surface area contributed by atoms with Gasteiger partial charge in [0.25, 0.3) is 5.91 Å². The van der Waals surface area contributed by atoms with Crippen molar-refractivity contribution in [2.24, 2.45) is 11.8 Å². The van der Waals surface area contributed by atoms with Gasteiger partial charge in [0.15, 0.2) is 5.69 Å². The van der Waals surface area contributed by atoms with E-state index in [1.165, 1.54) is 44.4 Å². The lowest BCUT2D eigenvalue weighted by Gasteiger charge is -2.27. The molecular formula is C18H27N3O3. The number of rotatable bonds is 7. The van der Waals surface area contributed by atoms with Crippen LogP contribution in [-0.2, 0) is 4.79 Å². The zero-order valence-electron chi connectivity index (χ0n) is 14.3. The summed E-state index contributed by atoms with van der Waals surface area (Å²) in [7, 11) is 0. The van der Waals surface area contributed by atoms with Crippen molar-refractivity contribution in [3.8, 4) is 5.75 Å². The fraction of sp³-hybridized carbons (Fsp3) is 0.611. The Bertz CT molecular complexity index is 556. The van der Waals surface area contributed by atoms with Gasteiger partial charge in [0, 0.05) is 25.7 Å². The summed E-state index contributed by atoms with van der Waals surface area (Å²) in [6.45, 7) is 2.83. The second-order valence-electron chi connectivity index (χ2n) is 6.56. The summed E-state index contributed by atoms with van der Waals surface area (Å²) in [4.78, 5) is 27.7. The highest BCUT2D eigenvalue weighted by molar-refractivity contribution is 5.94. The fourth-order valence-corrected chi connectivity index (χ4v) is 3.27. The van der Waals surface area contributed by atoms with Crippen molar-refractivity contribution in [1.29, 1.82) is 0 Å². The van der Waals surface area contributed by atoms with Crippen LogP contribution in [0.2, 0.25) is 0 Å². The molecule has 1 aromatic heterocycles. The Morgan fingerprint density at radius 1 is 1.25 bits per heavy atom. The van der Waals surface area contributed by atoms with Crippen molar-refractivity contribution in [3.63, 3.8) is 0 Å². The molecule has 0 radical (unpaired) electrons. The standard InChI is InChI=1S/C18H27N3O3/c1-13(14-6-3-2-4-7-14)12-16(23)19-10-11-21-18(24)17-15(22)8-5-9-20-17/h5,8-9,13-14,22H,2-4,6-7,10-12H2,1H3,(H,19,23)(H,21,24). The Labute approximate surface area is 143 Å². The third-order valence-corrected chi connectivity index (χ3v) is 4.70. The quantitative estimate of drug-likeness (QED) is 0.667. The number of amides is 2. The zero-order valence-corrected chi connectivity index (χ0v) is 14.3. The van der Waals surface area contributed by atoms with Crippen molar-refractivity contribution in [3.05, 3.63) is 24.0 Å². The molecule has 1 heterocycles. The molecule has 132 valence electrons. The van der Waals surface area contributed by atoms with E-state index >= 15 is 0 Å². The molecule has 0 bridgehead atoms. The molecule has 1 saturated carbocycles. The first-order valence-corrected chi connectivity index (χ1v) is 8.77. The number of nitrogens with one attached hydrogen (secondary N) is 2. The maximum Gasteiger partial charge on any atom is 0.273 e. The average Bonchev–Trinajstić information content (AvgIpc) is 2.59. The predicted octanol–water partition coefficient (Wildman–Crippen LogP) is 2.24. The summed E-state index contributed by atoms with van der Waals surface area (Å²) in [5.74, 6) is 0.503. The van der Waals surface area contributed by atoms with Gasteiger partial charge >= 0.3 is 0 Å². The maximum absolute atomic E-state index is 12.0. The molecule has 0 saturated heterocycles. The molecule has 6 heteroatoms. The predicted molar refractivity (Wildman–Crippen MR) is 91.6 cm³/mol. The minimum Gasteiger partial charge on any atom is -0.505 e. The third kappa shape index (κ3) is 5.51. The first-order chi connectivity index (χ1) is 11.6. The number of hydrogen-bond acceptors (Lipinski definition) is 4. The molecule has 3 N–H and O–H groups in total. The van der Waals surface area contributed by atoms with E-state index in [4.69, 9.17) is 0 Å². The Kier molecular flexibility index (Phi) is 7.03. The van der Waals surface area contributed by atoms with Gasteiger partial charge in [-0.2, -0.15) is 0 Å². The van der Waals surface area contributed by atoms with Crippen LogP contribution in [0, 0.1) is 11.8 Å². The summed E-state index contributed by atoms with van der Waals surface area (Å²) in [5.41, 5.74) is -0.00486. The summed E-state index contributed by atoms with van der Waals surface area (Å²) < 4.78 is 0. The van der Waals surface area contributed by atoms with Gasteiger partial charge in [-0.1, -0.05) is 39.0 Å². The molecule has 1 aromatic rings. The number of hydrogen-bond donors (Lipinski definition) is 3. The lowest BCUT2D eigenvalue weighted by molar-refractivity contribution is -0.122. The number of pyridine rings is 1. The van der Waals surface area contributed by atoms with Crippen LogP contribution < -0.4 is 10.6 Å². The Hall–Kier alpha value is -2.11. The molecule has 1 atom stereocenters. The van der Waals surface area contributed by atoms with E-state index in [0.29, 0.717) is 31.3 Å². The summed E-state index contributed by atoms with van der Waals surface area (Å²) in [6.07, 6.45) is 8.34. The molecule has 0 aliphatic heterocycles. The average molecular weight is 333 g/mol. The molecule has 1 fully saturated rings. The first kappa shape index (κ1) is 18.2. The van der Waals surface area contributed by atoms with Crippen molar-refractivity contribution in [2.45, 2.75) is 45.4 Å². The molecule has 0 spiro atoms. The van der Waals surface area contributed by atoms with Crippen molar-refractivity contribution in [2.75, 3.05) is 13.1 Å². The molecule has 2 amide bonds. The highest BCUT2D eigenvalue weighted by Crippen LogP contribution is 2.31. The highest BCUT2D eigenvalue weighted by atomic mass is 16.3.